The van der Waals surface area contributed by atoms with Crippen LogP contribution in [0.25, 0.3) is 5.70 Å². The zero-order chi connectivity index (χ0) is 22.8. The highest BCUT2D eigenvalue weighted by atomic mass is 35.5. The van der Waals surface area contributed by atoms with Crippen LogP contribution in [0.15, 0.2) is 52.5 Å². The predicted octanol–water partition coefficient (Wildman–Crippen LogP) is 2.53. The number of methoxy groups -OCH3 is 1. The molecule has 0 saturated carbocycles. The summed E-state index contributed by atoms with van der Waals surface area (Å²) in [6.45, 7) is 0.667. The van der Waals surface area contributed by atoms with E-state index < -0.39 is 5.78 Å². The monoisotopic (exact) mass is 442 g/mol. The van der Waals surface area contributed by atoms with Crippen molar-refractivity contribution in [2.45, 2.75) is 0 Å². The molecule has 0 fully saturated rings. The third-order valence-corrected chi connectivity index (χ3v) is 4.31. The number of allylic oxidation sites excluding steroid dienone is 1. The topological polar surface area (TPSA) is 162 Å². The smallest absolute Gasteiger partial charge is 0.206 e. The molecule has 0 unspecified atom stereocenters. The third kappa shape index (κ3) is 6.66. The van der Waals surface area contributed by atoms with E-state index in [1.54, 1.807) is 31.4 Å². The first kappa shape index (κ1) is 23.6. The van der Waals surface area contributed by atoms with Crippen molar-refractivity contribution in [3.63, 3.8) is 0 Å². The van der Waals surface area contributed by atoms with Gasteiger partial charge in [0.25, 0.3) is 0 Å². The Morgan fingerprint density at radius 1 is 1.23 bits per heavy atom. The summed E-state index contributed by atoms with van der Waals surface area (Å²) in [5.74, 6) is -0.275. The lowest BCUT2D eigenvalue weighted by molar-refractivity contribution is -0.108. The molecule has 2 aromatic rings. The standard InChI is InChI=1S/C21H23ClN6O3/c1-30-6-7-31-20-10-18(25)15(8-16(20)22)21(26)19(29)9-17(24)13-2-4-14(5-3-13)28-12-27-11-23/h2-5,8-12,26H,6-7,24-25H2,1H3,(H2,23,27,28)/b17-9-,26-21?. The molecule has 0 spiro atoms. The number of carbonyl (C=O) groups excluding carboxylic acids is 1. The number of aliphatic imine (C=N–C) groups is 2. The van der Waals surface area contributed by atoms with Gasteiger partial charge in [-0.3, -0.25) is 10.2 Å². The van der Waals surface area contributed by atoms with Crippen molar-refractivity contribution in [2.75, 3.05) is 26.1 Å². The number of hydrogen-bond acceptors (Lipinski definition) is 7. The van der Waals surface area contributed by atoms with Gasteiger partial charge in [0, 0.05) is 36.2 Å². The lowest BCUT2D eigenvalue weighted by atomic mass is 10.0. The van der Waals surface area contributed by atoms with Gasteiger partial charge < -0.3 is 26.7 Å². The predicted molar refractivity (Wildman–Crippen MR) is 125 cm³/mol. The van der Waals surface area contributed by atoms with Crippen LogP contribution in [0.2, 0.25) is 5.02 Å². The number of nitrogens with zero attached hydrogens (tertiary/aromatic N) is 2. The van der Waals surface area contributed by atoms with Crippen LogP contribution in [0.5, 0.6) is 5.75 Å². The first-order chi connectivity index (χ1) is 14.9. The van der Waals surface area contributed by atoms with Crippen molar-refractivity contribution >= 4 is 52.8 Å². The number of nitrogen functional groups attached to an aromatic ring is 1. The van der Waals surface area contributed by atoms with Gasteiger partial charge in [-0.1, -0.05) is 23.7 Å². The molecule has 0 aliphatic carbocycles. The summed E-state index contributed by atoms with van der Waals surface area (Å²) in [6.07, 6.45) is 3.60. The number of anilines is 1. The lowest BCUT2D eigenvalue weighted by Crippen LogP contribution is -2.16. The summed E-state index contributed by atoms with van der Waals surface area (Å²) in [5.41, 5.74) is 18.6. The van der Waals surface area contributed by atoms with Crippen LogP contribution >= 0.6 is 11.6 Å². The van der Waals surface area contributed by atoms with Crippen LogP contribution in [0.4, 0.5) is 11.4 Å². The summed E-state index contributed by atoms with van der Waals surface area (Å²) in [7, 11) is 1.55. The first-order valence-electron chi connectivity index (χ1n) is 9.05. The average Bonchev–Trinajstić information content (AvgIpc) is 2.76. The number of ether oxygens (including phenoxy) is 2. The number of rotatable bonds is 10. The quantitative estimate of drug-likeness (QED) is 0.145. The van der Waals surface area contributed by atoms with Crippen LogP contribution in [0.1, 0.15) is 11.1 Å². The molecule has 0 aliphatic rings. The fourth-order valence-electron chi connectivity index (χ4n) is 2.44. The molecule has 31 heavy (non-hydrogen) atoms. The molecule has 9 nitrogen and oxygen atoms in total. The Morgan fingerprint density at radius 3 is 2.58 bits per heavy atom. The van der Waals surface area contributed by atoms with E-state index >= 15 is 0 Å². The maximum absolute atomic E-state index is 12.5. The van der Waals surface area contributed by atoms with Gasteiger partial charge in [0.2, 0.25) is 5.78 Å². The Labute approximate surface area is 184 Å². The minimum atomic E-state index is -0.618. The van der Waals surface area contributed by atoms with Crippen molar-refractivity contribution in [1.29, 1.82) is 5.41 Å². The number of ketones is 1. The molecule has 0 saturated heterocycles. The average molecular weight is 443 g/mol. The van der Waals surface area contributed by atoms with Crippen molar-refractivity contribution in [2.24, 2.45) is 21.5 Å². The summed E-state index contributed by atoms with van der Waals surface area (Å²) in [6, 6.07) is 9.68. The SMILES string of the molecule is COCCOc1cc(N)c(C(=N)C(=O)/C=C(\N)c2ccc(N=CN=CN)cc2)cc1Cl. The molecule has 0 atom stereocenters. The highest BCUT2D eigenvalue weighted by Crippen LogP contribution is 2.30. The van der Waals surface area contributed by atoms with Crippen molar-refractivity contribution < 1.29 is 14.3 Å². The van der Waals surface area contributed by atoms with E-state index in [1.807, 2.05) is 0 Å². The largest absolute Gasteiger partial charge is 0.490 e. The molecular weight excluding hydrogens is 420 g/mol. The van der Waals surface area contributed by atoms with E-state index in [9.17, 15) is 4.79 Å². The Morgan fingerprint density at radius 2 is 1.94 bits per heavy atom. The highest BCUT2D eigenvalue weighted by molar-refractivity contribution is 6.50. The van der Waals surface area contributed by atoms with Crippen LogP contribution in [-0.4, -0.2) is 44.5 Å². The molecule has 0 aromatic heterocycles. The summed E-state index contributed by atoms with van der Waals surface area (Å²) >= 11 is 6.19. The fraction of sp³-hybridized carbons (Fsp3) is 0.143. The Bertz CT molecular complexity index is 1030. The third-order valence-electron chi connectivity index (χ3n) is 4.01. The molecular formula is C21H23ClN6O3. The van der Waals surface area contributed by atoms with Gasteiger partial charge >= 0.3 is 0 Å². The zero-order valence-corrected chi connectivity index (χ0v) is 17.6. The molecule has 0 amide bonds. The Kier molecular flexibility index (Phi) is 8.74. The van der Waals surface area contributed by atoms with Crippen LogP contribution in [0.3, 0.4) is 0 Å². The second-order valence-corrected chi connectivity index (χ2v) is 6.55. The van der Waals surface area contributed by atoms with Crippen molar-refractivity contribution in [3.8, 4) is 5.75 Å². The van der Waals surface area contributed by atoms with Gasteiger partial charge in [-0.05, 0) is 23.8 Å². The van der Waals surface area contributed by atoms with E-state index in [0.717, 1.165) is 12.4 Å². The molecule has 7 N–H and O–H groups in total. The van der Waals surface area contributed by atoms with Crippen molar-refractivity contribution in [1.82, 2.24) is 0 Å². The fourth-order valence-corrected chi connectivity index (χ4v) is 2.66. The lowest BCUT2D eigenvalue weighted by Gasteiger charge is -2.12. The number of nitrogens with one attached hydrogen (secondary N) is 1. The Hall–Kier alpha value is -3.69. The van der Waals surface area contributed by atoms with E-state index in [1.165, 1.54) is 18.5 Å². The first-order valence-corrected chi connectivity index (χ1v) is 9.42. The van der Waals surface area contributed by atoms with Gasteiger partial charge in [0.15, 0.2) is 0 Å². The number of halogens is 1. The minimum Gasteiger partial charge on any atom is -0.490 e. The molecule has 2 rings (SSSR count). The zero-order valence-electron chi connectivity index (χ0n) is 16.8. The minimum absolute atomic E-state index is 0.184. The van der Waals surface area contributed by atoms with Gasteiger partial charge in [-0.25, -0.2) is 9.98 Å². The molecule has 0 bridgehead atoms. The molecule has 162 valence electrons. The normalized spacial score (nSPS) is 11.9. The molecule has 0 heterocycles. The number of carbonyl (C=O) groups is 1. The van der Waals surface area contributed by atoms with E-state index in [-0.39, 0.29) is 34.3 Å². The maximum Gasteiger partial charge on any atom is 0.206 e. The maximum atomic E-state index is 12.5. The van der Waals surface area contributed by atoms with Gasteiger partial charge in [-0.15, -0.1) is 0 Å². The van der Waals surface area contributed by atoms with Crippen molar-refractivity contribution in [3.05, 3.63) is 58.6 Å². The second kappa shape index (κ2) is 11.5. The van der Waals surface area contributed by atoms with Crippen LogP contribution in [-0.2, 0) is 9.53 Å². The number of nitrogens with two attached hydrogens (primary N) is 3. The molecule has 0 radical (unpaired) electrons. The summed E-state index contributed by atoms with van der Waals surface area (Å²) < 4.78 is 10.4. The molecule has 10 heteroatoms. The van der Waals surface area contributed by atoms with E-state index in [0.29, 0.717) is 23.6 Å². The summed E-state index contributed by atoms with van der Waals surface area (Å²) in [5, 5.41) is 8.43. The molecule has 2 aromatic carbocycles. The van der Waals surface area contributed by atoms with E-state index in [2.05, 4.69) is 9.98 Å². The van der Waals surface area contributed by atoms with E-state index in [4.69, 9.17) is 43.7 Å². The van der Waals surface area contributed by atoms with Crippen LogP contribution < -0.4 is 21.9 Å². The number of benzene rings is 2. The Balaban J connectivity index is 2.16. The van der Waals surface area contributed by atoms with Crippen LogP contribution in [0, 0.1) is 5.41 Å². The highest BCUT2D eigenvalue weighted by Gasteiger charge is 2.17. The van der Waals surface area contributed by atoms with Gasteiger partial charge in [-0.2, -0.15) is 0 Å². The van der Waals surface area contributed by atoms with Gasteiger partial charge in [0.05, 0.1) is 23.7 Å². The van der Waals surface area contributed by atoms with Gasteiger partial charge in [0.1, 0.15) is 24.4 Å². The summed E-state index contributed by atoms with van der Waals surface area (Å²) in [4.78, 5) is 20.3. The molecule has 0 aliphatic heterocycles. The second-order valence-electron chi connectivity index (χ2n) is 6.14. The number of hydrogen-bond donors (Lipinski definition) is 4.